The first-order chi connectivity index (χ1) is 7.03. The summed E-state index contributed by atoms with van der Waals surface area (Å²) in [5.74, 6) is -1.23. The number of carboxylic acids is 1. The highest BCUT2D eigenvalue weighted by atomic mass is 35.5. The van der Waals surface area contributed by atoms with Gasteiger partial charge in [0.1, 0.15) is 5.82 Å². The minimum Gasteiger partial charge on any atom is -0.481 e. The fourth-order valence-electron chi connectivity index (χ4n) is 1.66. The number of rotatable bonds is 3. The van der Waals surface area contributed by atoms with Crippen LogP contribution >= 0.6 is 11.6 Å². The third-order valence-electron chi connectivity index (χ3n) is 2.84. The molecule has 0 spiro atoms. The first kappa shape index (κ1) is 10.4. The monoisotopic (exact) mass is 228 g/mol. The molecule has 0 heterocycles. The van der Waals surface area contributed by atoms with Crippen LogP contribution in [0.3, 0.4) is 0 Å². The van der Waals surface area contributed by atoms with Crippen LogP contribution in [0.4, 0.5) is 4.39 Å². The van der Waals surface area contributed by atoms with Crippen molar-refractivity contribution in [3.63, 3.8) is 0 Å². The summed E-state index contributed by atoms with van der Waals surface area (Å²) in [4.78, 5) is 10.9. The molecule has 4 heteroatoms. The molecule has 1 aromatic rings. The lowest BCUT2D eigenvalue weighted by molar-refractivity contribution is -0.143. The number of carboxylic acid groups (broad SMARTS) is 1. The van der Waals surface area contributed by atoms with E-state index in [9.17, 15) is 9.18 Å². The maximum atomic E-state index is 13.3. The molecule has 0 aromatic heterocycles. The molecule has 0 bridgehead atoms. The molecule has 1 aliphatic carbocycles. The van der Waals surface area contributed by atoms with Crippen LogP contribution < -0.4 is 0 Å². The van der Waals surface area contributed by atoms with Gasteiger partial charge in [0.2, 0.25) is 0 Å². The highest BCUT2D eigenvalue weighted by Gasteiger charge is 2.50. The van der Waals surface area contributed by atoms with E-state index in [1.165, 1.54) is 18.2 Å². The van der Waals surface area contributed by atoms with Crippen molar-refractivity contribution >= 4 is 17.6 Å². The Hall–Kier alpha value is -1.09. The lowest BCUT2D eigenvalue weighted by Gasteiger charge is -2.10. The van der Waals surface area contributed by atoms with Crippen LogP contribution in [0.25, 0.3) is 0 Å². The van der Waals surface area contributed by atoms with Crippen molar-refractivity contribution in [1.82, 2.24) is 0 Å². The molecule has 0 unspecified atom stereocenters. The second-order valence-electron chi connectivity index (χ2n) is 4.00. The largest absolute Gasteiger partial charge is 0.481 e. The molecule has 0 saturated heterocycles. The number of hydrogen-bond acceptors (Lipinski definition) is 1. The Bertz CT molecular complexity index is 413. The Balaban J connectivity index is 2.24. The average Bonchev–Trinajstić information content (AvgIpc) is 2.92. The van der Waals surface area contributed by atoms with Gasteiger partial charge in [0.25, 0.3) is 0 Å². The van der Waals surface area contributed by atoms with Crippen molar-refractivity contribution in [2.24, 2.45) is 5.41 Å². The van der Waals surface area contributed by atoms with Crippen LogP contribution in [0.15, 0.2) is 18.2 Å². The van der Waals surface area contributed by atoms with E-state index < -0.39 is 11.4 Å². The zero-order valence-corrected chi connectivity index (χ0v) is 8.72. The van der Waals surface area contributed by atoms with Gasteiger partial charge in [-0.3, -0.25) is 4.79 Å². The average molecular weight is 229 g/mol. The molecule has 0 atom stereocenters. The minimum absolute atomic E-state index is 0.231. The first-order valence-corrected chi connectivity index (χ1v) is 5.09. The molecule has 1 aromatic carbocycles. The van der Waals surface area contributed by atoms with Gasteiger partial charge in [-0.05, 0) is 43.0 Å². The summed E-state index contributed by atoms with van der Waals surface area (Å²) in [6, 6.07) is 4.23. The summed E-state index contributed by atoms with van der Waals surface area (Å²) < 4.78 is 13.3. The van der Waals surface area contributed by atoms with Gasteiger partial charge in [-0.2, -0.15) is 0 Å². The third-order valence-corrected chi connectivity index (χ3v) is 3.08. The van der Waals surface area contributed by atoms with E-state index in [-0.39, 0.29) is 12.2 Å². The molecule has 1 N–H and O–H groups in total. The van der Waals surface area contributed by atoms with Crippen molar-refractivity contribution in [2.75, 3.05) is 0 Å². The Labute approximate surface area is 91.7 Å². The molecule has 0 amide bonds. The van der Waals surface area contributed by atoms with Gasteiger partial charge in [-0.1, -0.05) is 11.6 Å². The summed E-state index contributed by atoms with van der Waals surface area (Å²) >= 11 is 5.73. The second-order valence-corrected chi connectivity index (χ2v) is 4.43. The summed E-state index contributed by atoms with van der Waals surface area (Å²) in [5.41, 5.74) is -0.353. The quantitative estimate of drug-likeness (QED) is 0.864. The molecular weight excluding hydrogens is 219 g/mol. The van der Waals surface area contributed by atoms with E-state index in [2.05, 4.69) is 0 Å². The third kappa shape index (κ3) is 1.97. The van der Waals surface area contributed by atoms with Gasteiger partial charge in [0.05, 0.1) is 5.41 Å². The van der Waals surface area contributed by atoms with Gasteiger partial charge < -0.3 is 5.11 Å². The van der Waals surface area contributed by atoms with Gasteiger partial charge in [-0.15, -0.1) is 0 Å². The lowest BCUT2D eigenvalue weighted by atomic mass is 9.96. The zero-order chi connectivity index (χ0) is 11.1. The van der Waals surface area contributed by atoms with Crippen LogP contribution in [-0.4, -0.2) is 11.1 Å². The summed E-state index contributed by atoms with van der Waals surface area (Å²) in [6.07, 6.45) is 1.47. The Morgan fingerprint density at radius 1 is 1.53 bits per heavy atom. The van der Waals surface area contributed by atoms with Gasteiger partial charge in [-0.25, -0.2) is 4.39 Å². The van der Waals surface area contributed by atoms with Crippen molar-refractivity contribution in [3.05, 3.63) is 34.6 Å². The molecule has 0 radical (unpaired) electrons. The van der Waals surface area contributed by atoms with Crippen molar-refractivity contribution in [2.45, 2.75) is 19.3 Å². The van der Waals surface area contributed by atoms with E-state index in [0.717, 1.165) is 0 Å². The Morgan fingerprint density at radius 2 is 2.20 bits per heavy atom. The molecule has 1 fully saturated rings. The zero-order valence-electron chi connectivity index (χ0n) is 7.96. The van der Waals surface area contributed by atoms with Crippen LogP contribution in [0.2, 0.25) is 5.02 Å². The molecule has 80 valence electrons. The van der Waals surface area contributed by atoms with E-state index in [1.54, 1.807) is 0 Å². The summed E-state index contributed by atoms with van der Waals surface area (Å²) in [7, 11) is 0. The summed E-state index contributed by atoms with van der Waals surface area (Å²) in [6.45, 7) is 0. The fourth-order valence-corrected chi connectivity index (χ4v) is 1.86. The van der Waals surface area contributed by atoms with Crippen LogP contribution in [0.5, 0.6) is 0 Å². The Kier molecular flexibility index (Phi) is 2.43. The highest BCUT2D eigenvalue weighted by molar-refractivity contribution is 6.30. The maximum Gasteiger partial charge on any atom is 0.309 e. The smallest absolute Gasteiger partial charge is 0.309 e. The van der Waals surface area contributed by atoms with E-state index in [0.29, 0.717) is 23.4 Å². The fraction of sp³-hybridized carbons (Fsp3) is 0.364. The standard InChI is InChI=1S/C11H10ClFO2/c12-8-1-2-9(13)7(5-8)6-11(3-4-11)10(14)15/h1-2,5H,3-4,6H2,(H,14,15). The SMILES string of the molecule is O=C(O)C1(Cc2cc(Cl)ccc2F)CC1. The highest BCUT2D eigenvalue weighted by Crippen LogP contribution is 2.49. The molecule has 2 rings (SSSR count). The van der Waals surface area contributed by atoms with E-state index >= 15 is 0 Å². The predicted molar refractivity (Wildman–Crippen MR) is 54.4 cm³/mol. The van der Waals surface area contributed by atoms with Gasteiger partial charge >= 0.3 is 5.97 Å². The second kappa shape index (κ2) is 3.49. The number of halogens is 2. The molecule has 0 aliphatic heterocycles. The first-order valence-electron chi connectivity index (χ1n) is 4.71. The number of benzene rings is 1. The number of aliphatic carboxylic acids is 1. The van der Waals surface area contributed by atoms with Crippen LogP contribution in [0, 0.1) is 11.2 Å². The molecule has 2 nitrogen and oxygen atoms in total. The Morgan fingerprint density at radius 3 is 2.73 bits per heavy atom. The number of hydrogen-bond donors (Lipinski definition) is 1. The molecule has 1 saturated carbocycles. The van der Waals surface area contributed by atoms with Crippen LogP contribution in [-0.2, 0) is 11.2 Å². The molecule has 1 aliphatic rings. The summed E-state index contributed by atoms with van der Waals surface area (Å²) in [5, 5.41) is 9.41. The van der Waals surface area contributed by atoms with Crippen molar-refractivity contribution in [3.8, 4) is 0 Å². The molecular formula is C11H10ClFO2. The predicted octanol–water partition coefficient (Wildman–Crippen LogP) is 2.89. The topological polar surface area (TPSA) is 37.3 Å². The number of carbonyl (C=O) groups is 1. The van der Waals surface area contributed by atoms with Gasteiger partial charge in [0, 0.05) is 5.02 Å². The van der Waals surface area contributed by atoms with Crippen LogP contribution in [0.1, 0.15) is 18.4 Å². The molecule has 15 heavy (non-hydrogen) atoms. The minimum atomic E-state index is -0.845. The lowest BCUT2D eigenvalue weighted by Crippen LogP contribution is -2.18. The van der Waals surface area contributed by atoms with Gasteiger partial charge in [0.15, 0.2) is 0 Å². The van der Waals surface area contributed by atoms with E-state index in [4.69, 9.17) is 16.7 Å². The maximum absolute atomic E-state index is 13.3. The van der Waals surface area contributed by atoms with Crippen molar-refractivity contribution in [1.29, 1.82) is 0 Å². The van der Waals surface area contributed by atoms with E-state index in [1.807, 2.05) is 0 Å². The normalized spacial score (nSPS) is 17.5. The van der Waals surface area contributed by atoms with Crippen molar-refractivity contribution < 1.29 is 14.3 Å².